The molecule has 1 aromatic carbocycles. The van der Waals surface area contributed by atoms with E-state index in [1.165, 1.54) is 18.4 Å². The molecular formula is C13H16ClN3O2S. The maximum Gasteiger partial charge on any atom is 0.215 e. The molecule has 7 heteroatoms. The number of pyridine rings is 1. The Balaban J connectivity index is 2.15. The molecule has 0 aliphatic rings. The summed E-state index contributed by atoms with van der Waals surface area (Å²) >= 11 is 5.92. The van der Waals surface area contributed by atoms with Crippen LogP contribution in [0.3, 0.4) is 0 Å². The van der Waals surface area contributed by atoms with Gasteiger partial charge in [-0.15, -0.1) is 0 Å². The number of aromatic nitrogens is 1. The summed E-state index contributed by atoms with van der Waals surface area (Å²) in [4.78, 5) is 4.24. The fourth-order valence-electron chi connectivity index (χ4n) is 1.77. The summed E-state index contributed by atoms with van der Waals surface area (Å²) in [6.45, 7) is 0.336. The van der Waals surface area contributed by atoms with Crippen molar-refractivity contribution in [2.45, 2.75) is 0 Å². The van der Waals surface area contributed by atoms with E-state index in [2.05, 4.69) is 10.3 Å². The average molecular weight is 314 g/mol. The van der Waals surface area contributed by atoms with Gasteiger partial charge >= 0.3 is 0 Å². The first-order valence-corrected chi connectivity index (χ1v) is 8.07. The molecule has 2 aromatic rings. The van der Waals surface area contributed by atoms with E-state index < -0.39 is 10.0 Å². The summed E-state index contributed by atoms with van der Waals surface area (Å²) in [6, 6.07) is 7.25. The van der Waals surface area contributed by atoms with Crippen LogP contribution < -0.4 is 5.32 Å². The van der Waals surface area contributed by atoms with E-state index in [1.807, 2.05) is 12.1 Å². The SMILES string of the molecule is CN(C)S(=O)(=O)CCNc1ccnc2cc(Cl)ccc12. The van der Waals surface area contributed by atoms with Crippen LogP contribution in [0.4, 0.5) is 5.69 Å². The van der Waals surface area contributed by atoms with Gasteiger partial charge < -0.3 is 5.32 Å². The molecule has 0 amide bonds. The van der Waals surface area contributed by atoms with Crippen molar-refractivity contribution in [3.8, 4) is 0 Å². The molecule has 0 aliphatic heterocycles. The summed E-state index contributed by atoms with van der Waals surface area (Å²) in [5.74, 6) is 0.0391. The maximum absolute atomic E-state index is 11.7. The molecule has 108 valence electrons. The molecule has 1 heterocycles. The highest BCUT2D eigenvalue weighted by atomic mass is 35.5. The molecule has 20 heavy (non-hydrogen) atoms. The molecule has 0 saturated heterocycles. The molecule has 0 unspecified atom stereocenters. The zero-order valence-electron chi connectivity index (χ0n) is 11.3. The minimum atomic E-state index is -3.19. The Kier molecular flexibility index (Phi) is 4.47. The van der Waals surface area contributed by atoms with Crippen molar-refractivity contribution in [2.75, 3.05) is 31.7 Å². The number of nitrogens with one attached hydrogen (secondary N) is 1. The van der Waals surface area contributed by atoms with Crippen molar-refractivity contribution in [3.63, 3.8) is 0 Å². The lowest BCUT2D eigenvalue weighted by atomic mass is 10.2. The monoisotopic (exact) mass is 313 g/mol. The normalized spacial score (nSPS) is 12.0. The molecule has 0 radical (unpaired) electrons. The third-order valence-corrected chi connectivity index (χ3v) is 5.00. The van der Waals surface area contributed by atoms with Crippen LogP contribution >= 0.6 is 11.6 Å². The molecule has 0 saturated carbocycles. The van der Waals surface area contributed by atoms with Gasteiger partial charge in [0.25, 0.3) is 0 Å². The van der Waals surface area contributed by atoms with Crippen molar-refractivity contribution < 1.29 is 8.42 Å². The summed E-state index contributed by atoms with van der Waals surface area (Å²) in [5, 5.41) is 4.67. The van der Waals surface area contributed by atoms with E-state index >= 15 is 0 Å². The van der Waals surface area contributed by atoms with Crippen LogP contribution in [0.1, 0.15) is 0 Å². The highest BCUT2D eigenvalue weighted by Gasteiger charge is 2.13. The third-order valence-electron chi connectivity index (χ3n) is 2.94. The molecule has 5 nitrogen and oxygen atoms in total. The lowest BCUT2D eigenvalue weighted by molar-refractivity contribution is 0.521. The topological polar surface area (TPSA) is 62.3 Å². The Morgan fingerprint density at radius 1 is 1.30 bits per heavy atom. The van der Waals surface area contributed by atoms with Gasteiger partial charge in [-0.3, -0.25) is 4.98 Å². The summed E-state index contributed by atoms with van der Waals surface area (Å²) < 4.78 is 24.6. The highest BCUT2D eigenvalue weighted by molar-refractivity contribution is 7.89. The van der Waals surface area contributed by atoms with Gasteiger partial charge in [0.2, 0.25) is 10.0 Å². The molecule has 0 atom stereocenters. The Labute approximate surface area is 123 Å². The number of anilines is 1. The van der Waals surface area contributed by atoms with Gasteiger partial charge in [0.05, 0.1) is 11.3 Å². The van der Waals surface area contributed by atoms with Crippen molar-refractivity contribution in [1.29, 1.82) is 0 Å². The fraction of sp³-hybridized carbons (Fsp3) is 0.308. The number of nitrogens with zero attached hydrogens (tertiary/aromatic N) is 2. The average Bonchev–Trinajstić information content (AvgIpc) is 2.38. The Morgan fingerprint density at radius 3 is 2.75 bits per heavy atom. The summed E-state index contributed by atoms with van der Waals surface area (Å²) in [6.07, 6.45) is 1.67. The van der Waals surface area contributed by atoms with E-state index in [0.717, 1.165) is 16.6 Å². The standard InChI is InChI=1S/C13H16ClN3O2S/c1-17(2)20(18,19)8-7-16-12-5-6-15-13-9-10(14)3-4-11(12)13/h3-6,9H,7-8H2,1-2H3,(H,15,16). The third kappa shape index (κ3) is 3.39. The van der Waals surface area contributed by atoms with Gasteiger partial charge in [0, 0.05) is 42.9 Å². The summed E-state index contributed by atoms with van der Waals surface area (Å²) in [7, 11) is -0.140. The molecule has 0 spiro atoms. The number of fused-ring (bicyclic) bond motifs is 1. The number of rotatable bonds is 5. The number of hydrogen-bond acceptors (Lipinski definition) is 4. The second-order valence-electron chi connectivity index (χ2n) is 4.55. The second kappa shape index (κ2) is 5.95. The zero-order valence-corrected chi connectivity index (χ0v) is 12.9. The van der Waals surface area contributed by atoms with Gasteiger partial charge in [0.15, 0.2) is 0 Å². The summed E-state index contributed by atoms with van der Waals surface area (Å²) in [5.41, 5.74) is 1.62. The van der Waals surface area contributed by atoms with Gasteiger partial charge in [-0.2, -0.15) is 0 Å². The van der Waals surface area contributed by atoms with E-state index in [4.69, 9.17) is 11.6 Å². The molecule has 0 aliphatic carbocycles. The van der Waals surface area contributed by atoms with Crippen molar-refractivity contribution >= 4 is 38.2 Å². The number of sulfonamides is 1. The van der Waals surface area contributed by atoms with Crippen LogP contribution in [0.5, 0.6) is 0 Å². The lowest BCUT2D eigenvalue weighted by Gasteiger charge is -2.13. The zero-order chi connectivity index (χ0) is 14.8. The van der Waals surface area contributed by atoms with E-state index in [-0.39, 0.29) is 5.75 Å². The van der Waals surface area contributed by atoms with Crippen molar-refractivity contribution in [2.24, 2.45) is 0 Å². The van der Waals surface area contributed by atoms with Crippen LogP contribution in [0.15, 0.2) is 30.5 Å². The lowest BCUT2D eigenvalue weighted by Crippen LogP contribution is -2.28. The molecule has 0 bridgehead atoms. The molecule has 2 rings (SSSR count). The first-order chi connectivity index (χ1) is 9.40. The van der Waals surface area contributed by atoms with Gasteiger partial charge in [-0.25, -0.2) is 12.7 Å². The maximum atomic E-state index is 11.7. The van der Waals surface area contributed by atoms with Crippen LogP contribution in [0.25, 0.3) is 10.9 Å². The smallest absolute Gasteiger partial charge is 0.215 e. The Bertz CT molecular complexity index is 717. The first kappa shape index (κ1) is 15.0. The van der Waals surface area contributed by atoms with Crippen molar-refractivity contribution in [1.82, 2.24) is 9.29 Å². The molecule has 1 N–H and O–H groups in total. The molecule has 1 aromatic heterocycles. The van der Waals surface area contributed by atoms with Crippen LogP contribution in [-0.4, -0.2) is 44.1 Å². The van der Waals surface area contributed by atoms with Crippen molar-refractivity contribution in [3.05, 3.63) is 35.5 Å². The van der Waals surface area contributed by atoms with E-state index in [0.29, 0.717) is 11.6 Å². The van der Waals surface area contributed by atoms with Gasteiger partial charge in [0.1, 0.15) is 0 Å². The molecule has 0 fully saturated rings. The van der Waals surface area contributed by atoms with E-state index in [1.54, 1.807) is 18.3 Å². The first-order valence-electron chi connectivity index (χ1n) is 6.08. The molecular weight excluding hydrogens is 298 g/mol. The minimum Gasteiger partial charge on any atom is -0.383 e. The quantitative estimate of drug-likeness (QED) is 0.919. The van der Waals surface area contributed by atoms with Crippen LogP contribution in [0, 0.1) is 0 Å². The minimum absolute atomic E-state index is 0.0391. The van der Waals surface area contributed by atoms with Crippen LogP contribution in [0.2, 0.25) is 5.02 Å². The number of halogens is 1. The predicted octanol–water partition coefficient (Wildman–Crippen LogP) is 2.19. The van der Waals surface area contributed by atoms with Gasteiger partial charge in [-0.05, 0) is 24.3 Å². The fourth-order valence-corrected chi connectivity index (χ4v) is 2.66. The largest absolute Gasteiger partial charge is 0.383 e. The predicted molar refractivity (Wildman–Crippen MR) is 82.7 cm³/mol. The van der Waals surface area contributed by atoms with E-state index in [9.17, 15) is 8.42 Å². The number of hydrogen-bond donors (Lipinski definition) is 1. The van der Waals surface area contributed by atoms with Crippen LogP contribution in [-0.2, 0) is 10.0 Å². The second-order valence-corrected chi connectivity index (χ2v) is 7.28. The highest BCUT2D eigenvalue weighted by Crippen LogP contribution is 2.24. The van der Waals surface area contributed by atoms with Gasteiger partial charge in [-0.1, -0.05) is 11.6 Å². The Hall–Kier alpha value is -1.37. The number of benzene rings is 1. The Morgan fingerprint density at radius 2 is 2.05 bits per heavy atom.